The number of thiazole rings is 1. The summed E-state index contributed by atoms with van der Waals surface area (Å²) in [5.74, 6) is -0.281. The second-order valence-corrected chi connectivity index (χ2v) is 11.1. The highest BCUT2D eigenvalue weighted by Crippen LogP contribution is 2.28. The van der Waals surface area contributed by atoms with Gasteiger partial charge in [-0.3, -0.25) is 0 Å². The first-order valence-electron chi connectivity index (χ1n) is 11.4. The first-order chi connectivity index (χ1) is 17.9. The smallest absolute Gasteiger partial charge is 0.343 e. The van der Waals surface area contributed by atoms with Crippen molar-refractivity contribution in [3.63, 3.8) is 0 Å². The van der Waals surface area contributed by atoms with Gasteiger partial charge in [0.15, 0.2) is 0 Å². The number of fused-ring (bicyclic) bond motifs is 1. The first-order valence-corrected chi connectivity index (χ1v) is 13.7. The number of nitriles is 1. The van der Waals surface area contributed by atoms with Gasteiger partial charge in [-0.2, -0.15) is 9.57 Å². The summed E-state index contributed by atoms with van der Waals surface area (Å²) in [7, 11) is -3.64. The van der Waals surface area contributed by atoms with Gasteiger partial charge in [0.2, 0.25) is 10.0 Å². The zero-order valence-electron chi connectivity index (χ0n) is 19.5. The Hall–Kier alpha value is -3.88. The Morgan fingerprint density at radius 3 is 2.41 bits per heavy atom. The van der Waals surface area contributed by atoms with E-state index in [0.29, 0.717) is 42.6 Å². The largest absolute Gasteiger partial charge is 0.423 e. The Morgan fingerprint density at radius 2 is 1.73 bits per heavy atom. The molecule has 8 nitrogen and oxygen atoms in total. The normalized spacial score (nSPS) is 14.8. The number of hydrogen-bond acceptors (Lipinski definition) is 8. The number of hydrogen-bond donors (Lipinski definition) is 0. The van der Waals surface area contributed by atoms with Crippen molar-refractivity contribution < 1.29 is 22.7 Å². The Bertz CT molecular complexity index is 1580. The van der Waals surface area contributed by atoms with Crippen LogP contribution in [-0.4, -0.2) is 50.0 Å². The topological polar surface area (TPSA) is 110 Å². The minimum atomic E-state index is -3.64. The highest BCUT2D eigenvalue weighted by Gasteiger charge is 2.26. The molecule has 1 saturated heterocycles. The van der Waals surface area contributed by atoms with Crippen molar-refractivity contribution in [1.82, 2.24) is 9.29 Å². The summed E-state index contributed by atoms with van der Waals surface area (Å²) in [6.45, 7) is 1.32. The number of para-hydroxylation sites is 1. The van der Waals surface area contributed by atoms with Crippen LogP contribution in [0.3, 0.4) is 0 Å². The molecule has 0 amide bonds. The summed E-state index contributed by atoms with van der Waals surface area (Å²) in [6, 6.07) is 22.3. The number of morpholine rings is 1. The van der Waals surface area contributed by atoms with Crippen LogP contribution in [-0.2, 0) is 14.8 Å². The average Bonchev–Trinajstić information content (AvgIpc) is 3.37. The van der Waals surface area contributed by atoms with Crippen LogP contribution in [0.5, 0.6) is 5.75 Å². The minimum Gasteiger partial charge on any atom is -0.423 e. The molecule has 2 heterocycles. The van der Waals surface area contributed by atoms with E-state index in [1.54, 1.807) is 30.3 Å². The summed E-state index contributed by atoms with van der Waals surface area (Å²) in [6.07, 6.45) is 1.73. The fraction of sp³-hybridized carbons (Fsp3) is 0.148. The van der Waals surface area contributed by atoms with E-state index < -0.39 is 16.0 Å². The van der Waals surface area contributed by atoms with Crippen molar-refractivity contribution in [3.05, 3.63) is 88.9 Å². The van der Waals surface area contributed by atoms with Gasteiger partial charge in [-0.1, -0.05) is 24.3 Å². The minimum absolute atomic E-state index is 0.114. The van der Waals surface area contributed by atoms with Crippen LogP contribution in [0, 0.1) is 11.3 Å². The monoisotopic (exact) mass is 531 g/mol. The van der Waals surface area contributed by atoms with Gasteiger partial charge in [0.25, 0.3) is 0 Å². The third-order valence-corrected chi connectivity index (χ3v) is 8.73. The van der Waals surface area contributed by atoms with Crippen LogP contribution in [0.2, 0.25) is 0 Å². The van der Waals surface area contributed by atoms with Crippen molar-refractivity contribution in [2.24, 2.45) is 0 Å². The van der Waals surface area contributed by atoms with Gasteiger partial charge in [0.05, 0.1) is 39.5 Å². The molecule has 1 aromatic heterocycles. The fourth-order valence-corrected chi connectivity index (χ4v) is 6.13. The predicted molar refractivity (Wildman–Crippen MR) is 141 cm³/mol. The molecule has 10 heteroatoms. The number of ether oxygens (including phenoxy) is 2. The lowest BCUT2D eigenvalue weighted by molar-refractivity contribution is 0.0730. The van der Waals surface area contributed by atoms with E-state index in [1.807, 2.05) is 24.3 Å². The van der Waals surface area contributed by atoms with Crippen molar-refractivity contribution >= 4 is 49.2 Å². The molecule has 4 aromatic rings. The van der Waals surface area contributed by atoms with E-state index in [1.165, 1.54) is 39.9 Å². The molecule has 0 spiro atoms. The van der Waals surface area contributed by atoms with Crippen molar-refractivity contribution in [2.75, 3.05) is 26.3 Å². The van der Waals surface area contributed by atoms with Crippen LogP contribution in [0.15, 0.2) is 77.7 Å². The first kappa shape index (κ1) is 24.8. The van der Waals surface area contributed by atoms with E-state index >= 15 is 0 Å². The highest BCUT2D eigenvalue weighted by molar-refractivity contribution is 7.89. The molecule has 0 saturated carbocycles. The number of nitrogens with zero attached hydrogens (tertiary/aromatic N) is 3. The molecule has 0 radical (unpaired) electrons. The number of esters is 1. The van der Waals surface area contributed by atoms with Gasteiger partial charge in [0.1, 0.15) is 16.8 Å². The Morgan fingerprint density at radius 1 is 1.03 bits per heavy atom. The van der Waals surface area contributed by atoms with Crippen molar-refractivity contribution in [3.8, 4) is 11.8 Å². The summed E-state index contributed by atoms with van der Waals surface area (Å²) >= 11 is 1.45. The van der Waals surface area contributed by atoms with E-state index in [9.17, 15) is 18.5 Å². The summed E-state index contributed by atoms with van der Waals surface area (Å²) < 4.78 is 38.5. The Balaban J connectivity index is 1.26. The van der Waals surface area contributed by atoms with Crippen LogP contribution in [0.25, 0.3) is 21.9 Å². The third-order valence-electron chi connectivity index (χ3n) is 5.74. The predicted octanol–water partition coefficient (Wildman–Crippen LogP) is 4.60. The zero-order chi connectivity index (χ0) is 25.8. The van der Waals surface area contributed by atoms with E-state index in [0.717, 1.165) is 15.8 Å². The summed E-state index contributed by atoms with van der Waals surface area (Å²) in [5.41, 5.74) is 2.27. The van der Waals surface area contributed by atoms with E-state index in [2.05, 4.69) is 11.1 Å². The Labute approximate surface area is 218 Å². The maximum absolute atomic E-state index is 12.8. The molecule has 5 rings (SSSR count). The molecule has 3 aromatic carbocycles. The number of aromatic nitrogens is 1. The second-order valence-electron chi connectivity index (χ2n) is 8.16. The zero-order valence-corrected chi connectivity index (χ0v) is 21.2. The van der Waals surface area contributed by atoms with Crippen LogP contribution >= 0.6 is 11.3 Å². The highest BCUT2D eigenvalue weighted by atomic mass is 32.2. The van der Waals surface area contributed by atoms with Crippen LogP contribution in [0.4, 0.5) is 0 Å². The molecule has 1 aliphatic heterocycles. The van der Waals surface area contributed by atoms with Gasteiger partial charge in [0, 0.05) is 13.1 Å². The maximum Gasteiger partial charge on any atom is 0.343 e. The number of benzene rings is 3. The van der Waals surface area contributed by atoms with Crippen molar-refractivity contribution in [2.45, 2.75) is 4.90 Å². The van der Waals surface area contributed by atoms with Gasteiger partial charge in [-0.25, -0.2) is 18.2 Å². The molecule has 37 heavy (non-hydrogen) atoms. The number of rotatable bonds is 6. The van der Waals surface area contributed by atoms with E-state index in [4.69, 9.17) is 9.47 Å². The SMILES string of the molecule is N#CC(=Cc1ccc(OC(=O)c2ccc(S(=O)(=O)N3CCOCC3)cc2)cc1)c1nc2ccccc2s1. The van der Waals surface area contributed by atoms with Crippen LogP contribution < -0.4 is 4.74 Å². The third kappa shape index (κ3) is 5.45. The number of sulfonamides is 1. The molecule has 1 aliphatic rings. The molecule has 0 aliphatic carbocycles. The Kier molecular flexibility index (Phi) is 7.12. The lowest BCUT2D eigenvalue weighted by Crippen LogP contribution is -2.40. The number of carbonyl (C=O) groups excluding carboxylic acids is 1. The molecular formula is C27H21N3O5S2. The van der Waals surface area contributed by atoms with Gasteiger partial charge >= 0.3 is 5.97 Å². The molecule has 0 atom stereocenters. The maximum atomic E-state index is 12.8. The van der Waals surface area contributed by atoms with Crippen molar-refractivity contribution in [1.29, 1.82) is 5.26 Å². The molecule has 0 N–H and O–H groups in total. The lowest BCUT2D eigenvalue weighted by Gasteiger charge is -2.26. The number of allylic oxidation sites excluding steroid dienone is 1. The molecule has 186 valence electrons. The van der Waals surface area contributed by atoms with E-state index in [-0.39, 0.29) is 10.5 Å². The summed E-state index contributed by atoms with van der Waals surface area (Å²) in [4.78, 5) is 17.2. The lowest BCUT2D eigenvalue weighted by atomic mass is 10.1. The molecular weight excluding hydrogens is 510 g/mol. The van der Waals surface area contributed by atoms with Gasteiger partial charge < -0.3 is 9.47 Å². The van der Waals surface area contributed by atoms with Gasteiger partial charge in [-0.05, 0) is 60.2 Å². The second kappa shape index (κ2) is 10.6. The molecule has 1 fully saturated rings. The number of carbonyl (C=O) groups is 1. The quantitative estimate of drug-likeness (QED) is 0.203. The summed E-state index contributed by atoms with van der Waals surface area (Å²) in [5, 5.41) is 10.3. The van der Waals surface area contributed by atoms with Crippen LogP contribution in [0.1, 0.15) is 20.9 Å². The fourth-order valence-electron chi connectivity index (χ4n) is 3.79. The molecule has 0 bridgehead atoms. The molecule has 0 unspecified atom stereocenters. The standard InChI is InChI=1S/C27H21N3O5S2/c28-18-21(26-29-24-3-1-2-4-25(24)36-26)17-19-5-9-22(10-6-19)35-27(31)20-7-11-23(12-8-20)37(32,33)30-13-15-34-16-14-30/h1-12,17H,13-16H2. The van der Waals surface area contributed by atoms with Gasteiger partial charge in [-0.15, -0.1) is 11.3 Å². The average molecular weight is 532 g/mol.